The third-order valence-corrected chi connectivity index (χ3v) is 8.60. The van der Waals surface area contributed by atoms with Crippen molar-refractivity contribution in [1.29, 1.82) is 0 Å². The maximum atomic E-state index is 13.0. The van der Waals surface area contributed by atoms with Crippen LogP contribution in [0.25, 0.3) is 0 Å². The van der Waals surface area contributed by atoms with Gasteiger partial charge in [-0.25, -0.2) is 17.9 Å². The molecule has 2 fully saturated rings. The molecule has 8 heteroatoms. The number of aryl methyl sites for hydroxylation is 1. The first-order valence-corrected chi connectivity index (χ1v) is 15.5. The third kappa shape index (κ3) is 7.91. The van der Waals surface area contributed by atoms with Gasteiger partial charge in [-0.3, -0.25) is 0 Å². The summed E-state index contributed by atoms with van der Waals surface area (Å²) >= 11 is 0. The zero-order valence-corrected chi connectivity index (χ0v) is 23.4. The summed E-state index contributed by atoms with van der Waals surface area (Å²) in [7, 11) is -3.25. The van der Waals surface area contributed by atoms with Crippen molar-refractivity contribution in [1.82, 2.24) is 14.5 Å². The number of nitrogens with zero attached hydrogens (tertiary/aromatic N) is 2. The lowest BCUT2D eigenvalue weighted by atomic mass is 9.88. The molecule has 206 valence electrons. The van der Waals surface area contributed by atoms with Gasteiger partial charge in [0.1, 0.15) is 6.61 Å². The van der Waals surface area contributed by atoms with Gasteiger partial charge >= 0.3 is 6.09 Å². The van der Waals surface area contributed by atoms with E-state index in [1.165, 1.54) is 17.4 Å². The Labute approximate surface area is 227 Å². The first-order chi connectivity index (χ1) is 18.2. The van der Waals surface area contributed by atoms with E-state index in [4.69, 9.17) is 4.74 Å². The molecule has 0 radical (unpaired) electrons. The molecule has 4 rings (SSSR count). The number of carbonyl (C=O) groups excluding carboxylic acids is 1. The first kappa shape index (κ1) is 28.3. The van der Waals surface area contributed by atoms with Gasteiger partial charge < -0.3 is 14.5 Å². The Kier molecular flexibility index (Phi) is 9.63. The summed E-state index contributed by atoms with van der Waals surface area (Å²) in [4.78, 5) is 17.3. The highest BCUT2D eigenvalue weighted by Crippen LogP contribution is 2.41. The van der Waals surface area contributed by atoms with Crippen molar-refractivity contribution in [3.8, 4) is 0 Å². The lowest BCUT2D eigenvalue weighted by Gasteiger charge is -2.39. The van der Waals surface area contributed by atoms with Gasteiger partial charge in [0.15, 0.2) is 0 Å². The number of benzene rings is 2. The molecule has 3 unspecified atom stereocenters. The highest BCUT2D eigenvalue weighted by Gasteiger charge is 2.38. The fourth-order valence-electron chi connectivity index (χ4n) is 6.00. The molecule has 0 aromatic heterocycles. The number of hydrogen-bond donors (Lipinski definition) is 1. The summed E-state index contributed by atoms with van der Waals surface area (Å²) in [5.74, 6) is 0.694. The van der Waals surface area contributed by atoms with Crippen LogP contribution in [0.5, 0.6) is 0 Å². The van der Waals surface area contributed by atoms with E-state index in [9.17, 15) is 13.2 Å². The second-order valence-corrected chi connectivity index (χ2v) is 12.6. The van der Waals surface area contributed by atoms with Gasteiger partial charge in [0, 0.05) is 38.3 Å². The molecular weight excluding hydrogens is 498 g/mol. The summed E-state index contributed by atoms with van der Waals surface area (Å²) in [6.45, 7) is 9.33. The minimum atomic E-state index is -3.25. The Morgan fingerprint density at radius 3 is 2.42 bits per heavy atom. The second-order valence-electron chi connectivity index (χ2n) is 10.8. The molecule has 2 aromatic rings. The van der Waals surface area contributed by atoms with Crippen LogP contribution in [-0.2, 0) is 21.4 Å². The van der Waals surface area contributed by atoms with Crippen molar-refractivity contribution < 1.29 is 17.9 Å². The van der Waals surface area contributed by atoms with Crippen LogP contribution >= 0.6 is 0 Å². The number of sulfonamides is 1. The Hall–Kier alpha value is -2.68. The number of amides is 1. The summed E-state index contributed by atoms with van der Waals surface area (Å²) in [6.07, 6.45) is 6.11. The maximum absolute atomic E-state index is 13.0. The predicted octanol–water partition coefficient (Wildman–Crippen LogP) is 4.70. The largest absolute Gasteiger partial charge is 0.445 e. The number of likely N-dealkylation sites (tertiary alicyclic amines) is 1. The minimum Gasteiger partial charge on any atom is -0.445 e. The Balaban J connectivity index is 1.33. The topological polar surface area (TPSA) is 79.0 Å². The van der Waals surface area contributed by atoms with E-state index in [0.717, 1.165) is 50.9 Å². The van der Waals surface area contributed by atoms with E-state index in [-0.39, 0.29) is 24.8 Å². The van der Waals surface area contributed by atoms with Crippen LogP contribution in [0.4, 0.5) is 4.79 Å². The molecule has 38 heavy (non-hydrogen) atoms. The van der Waals surface area contributed by atoms with E-state index in [0.29, 0.717) is 18.4 Å². The molecule has 1 saturated heterocycles. The first-order valence-electron chi connectivity index (χ1n) is 13.6. The molecule has 2 aromatic carbocycles. The quantitative estimate of drug-likeness (QED) is 0.443. The Morgan fingerprint density at radius 1 is 1.11 bits per heavy atom. The fourth-order valence-corrected chi connectivity index (χ4v) is 6.80. The summed E-state index contributed by atoms with van der Waals surface area (Å²) in [5.41, 5.74) is 3.43. The number of piperidine rings is 1. The van der Waals surface area contributed by atoms with Crippen LogP contribution in [0.1, 0.15) is 48.3 Å². The number of nitrogens with one attached hydrogen (secondary N) is 1. The van der Waals surface area contributed by atoms with Gasteiger partial charge in [-0.1, -0.05) is 66.2 Å². The Morgan fingerprint density at radius 2 is 1.79 bits per heavy atom. The number of carbonyl (C=O) groups is 1. The van der Waals surface area contributed by atoms with Gasteiger partial charge in [-0.2, -0.15) is 0 Å². The van der Waals surface area contributed by atoms with Crippen molar-refractivity contribution in [2.45, 2.75) is 57.2 Å². The summed E-state index contributed by atoms with van der Waals surface area (Å²) in [6, 6.07) is 18.5. The maximum Gasteiger partial charge on any atom is 0.410 e. The standard InChI is InChI=1S/C30H41N3O4S/c1-4-16-33(30(34)37-22-24-12-10-23(2)11-13-24)28-14-17-32(18-15-28)21-26-19-27(31-38(3,35)36)20-29(26)25-8-6-5-7-9-25/h4-13,26-29,31H,1,14-22H2,2-3H3. The number of ether oxygens (including phenoxy) is 1. The third-order valence-electron chi connectivity index (χ3n) is 7.84. The molecule has 1 aliphatic heterocycles. The van der Waals surface area contributed by atoms with Crippen LogP contribution < -0.4 is 4.72 Å². The zero-order valence-electron chi connectivity index (χ0n) is 22.6. The number of hydrogen-bond acceptors (Lipinski definition) is 5. The van der Waals surface area contributed by atoms with Gasteiger partial charge in [-0.15, -0.1) is 6.58 Å². The molecule has 1 heterocycles. The monoisotopic (exact) mass is 539 g/mol. The highest BCUT2D eigenvalue weighted by atomic mass is 32.2. The second kappa shape index (κ2) is 12.9. The molecule has 7 nitrogen and oxygen atoms in total. The van der Waals surface area contributed by atoms with Crippen molar-refractivity contribution in [2.75, 3.05) is 32.4 Å². The van der Waals surface area contributed by atoms with Crippen molar-refractivity contribution >= 4 is 16.1 Å². The van der Waals surface area contributed by atoms with Gasteiger partial charge in [0.2, 0.25) is 10.0 Å². The molecule has 1 saturated carbocycles. The van der Waals surface area contributed by atoms with Gasteiger partial charge in [0.05, 0.1) is 6.26 Å². The van der Waals surface area contributed by atoms with E-state index in [1.54, 1.807) is 6.08 Å². The molecule has 3 atom stereocenters. The lowest BCUT2D eigenvalue weighted by molar-refractivity contribution is 0.0629. The molecule has 2 aliphatic rings. The minimum absolute atomic E-state index is 0.0378. The highest BCUT2D eigenvalue weighted by molar-refractivity contribution is 7.88. The van der Waals surface area contributed by atoms with Crippen molar-refractivity contribution in [3.05, 3.63) is 83.9 Å². The van der Waals surface area contributed by atoms with Crippen LogP contribution in [0, 0.1) is 12.8 Å². The van der Waals surface area contributed by atoms with Crippen molar-refractivity contribution in [2.24, 2.45) is 5.92 Å². The average Bonchev–Trinajstić information content (AvgIpc) is 3.28. The Bertz CT molecular complexity index is 1160. The van der Waals surface area contributed by atoms with Crippen LogP contribution in [0.3, 0.4) is 0 Å². The molecule has 1 N–H and O–H groups in total. The predicted molar refractivity (Wildman–Crippen MR) is 151 cm³/mol. The molecule has 1 aliphatic carbocycles. The van der Waals surface area contributed by atoms with Crippen LogP contribution in [0.15, 0.2) is 67.3 Å². The molecular formula is C30H41N3O4S. The van der Waals surface area contributed by atoms with Crippen LogP contribution in [-0.4, -0.2) is 68.8 Å². The SMILES string of the molecule is C=CCN(C(=O)OCc1ccc(C)cc1)C1CCN(CC2CC(NS(C)(=O)=O)CC2c2ccccc2)CC1. The number of rotatable bonds is 10. The smallest absolute Gasteiger partial charge is 0.410 e. The summed E-state index contributed by atoms with van der Waals surface area (Å²) < 4.78 is 32.3. The van der Waals surface area contributed by atoms with Crippen molar-refractivity contribution in [3.63, 3.8) is 0 Å². The summed E-state index contributed by atoms with van der Waals surface area (Å²) in [5, 5.41) is 0. The van der Waals surface area contributed by atoms with E-state index in [2.05, 4.69) is 40.5 Å². The molecule has 1 amide bonds. The van der Waals surface area contributed by atoms with Crippen LogP contribution in [0.2, 0.25) is 0 Å². The molecule has 0 spiro atoms. The fraction of sp³-hybridized carbons (Fsp3) is 0.500. The van der Waals surface area contributed by atoms with E-state index < -0.39 is 10.0 Å². The zero-order chi connectivity index (χ0) is 27.1. The average molecular weight is 540 g/mol. The molecule has 0 bridgehead atoms. The van der Waals surface area contributed by atoms with E-state index in [1.807, 2.05) is 42.2 Å². The van der Waals surface area contributed by atoms with E-state index >= 15 is 0 Å². The lowest BCUT2D eigenvalue weighted by Crippen LogP contribution is -2.48. The van der Waals surface area contributed by atoms with Gasteiger partial charge in [-0.05, 0) is 55.6 Å². The van der Waals surface area contributed by atoms with Gasteiger partial charge in [0.25, 0.3) is 0 Å². The normalized spacial score (nSPS) is 22.7.